The van der Waals surface area contributed by atoms with Gasteiger partial charge in [0.25, 0.3) is 5.56 Å². The monoisotopic (exact) mass is 404 g/mol. The molecule has 142 valence electrons. The number of nitrogens with zero attached hydrogens (tertiary/aromatic N) is 3. The van der Waals surface area contributed by atoms with Crippen LogP contribution in [0.5, 0.6) is 5.75 Å². The van der Waals surface area contributed by atoms with Gasteiger partial charge in [-0.25, -0.2) is 4.98 Å². The zero-order chi connectivity index (χ0) is 19.2. The molecule has 0 fully saturated rings. The number of rotatable bonds is 8. The molecular weight excluding hydrogens is 384 g/mol. The highest BCUT2D eigenvalue weighted by atomic mass is 32.2. The van der Waals surface area contributed by atoms with Crippen LogP contribution in [0.1, 0.15) is 23.2 Å². The summed E-state index contributed by atoms with van der Waals surface area (Å²) in [6.45, 7) is 2.44. The summed E-state index contributed by atoms with van der Waals surface area (Å²) < 4.78 is 6.50. The van der Waals surface area contributed by atoms with Crippen molar-refractivity contribution in [2.75, 3.05) is 12.9 Å². The second-order valence-corrected chi connectivity index (χ2v) is 7.78. The van der Waals surface area contributed by atoms with Crippen LogP contribution in [0.4, 0.5) is 0 Å². The van der Waals surface area contributed by atoms with E-state index in [4.69, 9.17) is 4.74 Å². The summed E-state index contributed by atoms with van der Waals surface area (Å²) in [5.41, 5.74) is 1.45. The van der Waals surface area contributed by atoms with Gasteiger partial charge >= 0.3 is 0 Å². The predicted molar refractivity (Wildman–Crippen MR) is 108 cm³/mol. The van der Waals surface area contributed by atoms with Gasteiger partial charge in [0.05, 0.1) is 18.6 Å². The number of methoxy groups -OCH3 is 1. The Bertz CT molecular complexity index is 1000. The molecule has 0 bridgehead atoms. The molecule has 2 heterocycles. The van der Waals surface area contributed by atoms with Gasteiger partial charge in [0.2, 0.25) is 10.9 Å². The van der Waals surface area contributed by atoms with Gasteiger partial charge in [0.15, 0.2) is 0 Å². The molecule has 1 N–H and O–H groups in total. The van der Waals surface area contributed by atoms with Crippen molar-refractivity contribution in [1.82, 2.24) is 19.9 Å². The zero-order valence-electron chi connectivity index (χ0n) is 15.1. The van der Waals surface area contributed by atoms with E-state index < -0.39 is 0 Å². The lowest BCUT2D eigenvalue weighted by atomic mass is 10.2. The highest BCUT2D eigenvalue weighted by Crippen LogP contribution is 2.15. The summed E-state index contributed by atoms with van der Waals surface area (Å²) in [7, 11) is 1.61. The van der Waals surface area contributed by atoms with Crippen molar-refractivity contribution in [3.8, 4) is 5.75 Å². The number of thioether (sulfide) groups is 1. The standard InChI is InChI=1S/C18H20N4O3S2/c1-3-16-21-22-17(24)8-13(20-18(22)27-16)10-26-11-15(23)19-9-12-5-4-6-14(7-12)25-2/h4-8H,3,9-11H2,1-2H3,(H,19,23). The molecule has 0 aliphatic rings. The maximum absolute atomic E-state index is 12.1. The topological polar surface area (TPSA) is 85.6 Å². The molecule has 0 atom stereocenters. The molecule has 3 aromatic rings. The number of hydrogen-bond donors (Lipinski definition) is 1. The van der Waals surface area contributed by atoms with Gasteiger partial charge in [0, 0.05) is 18.4 Å². The minimum atomic E-state index is -0.186. The average molecular weight is 405 g/mol. The number of ether oxygens (including phenoxy) is 1. The Labute approximate surface area is 164 Å². The largest absolute Gasteiger partial charge is 0.497 e. The zero-order valence-corrected chi connectivity index (χ0v) is 16.7. The highest BCUT2D eigenvalue weighted by Gasteiger charge is 2.09. The smallest absolute Gasteiger partial charge is 0.275 e. The van der Waals surface area contributed by atoms with Crippen LogP contribution in [0, 0.1) is 0 Å². The highest BCUT2D eigenvalue weighted by molar-refractivity contribution is 7.99. The third-order valence-corrected chi connectivity index (χ3v) is 5.77. The van der Waals surface area contributed by atoms with E-state index in [2.05, 4.69) is 15.4 Å². The fourth-order valence-corrected chi connectivity index (χ4v) is 4.00. The number of benzene rings is 1. The maximum Gasteiger partial charge on any atom is 0.275 e. The second-order valence-electron chi connectivity index (χ2n) is 5.75. The number of aromatic nitrogens is 3. The molecule has 7 nitrogen and oxygen atoms in total. The first kappa shape index (κ1) is 19.4. The fraction of sp³-hybridized carbons (Fsp3) is 0.333. The van der Waals surface area contributed by atoms with Crippen LogP contribution >= 0.6 is 23.1 Å². The Balaban J connectivity index is 1.51. The van der Waals surface area contributed by atoms with Crippen molar-refractivity contribution >= 4 is 34.0 Å². The van der Waals surface area contributed by atoms with E-state index in [1.807, 2.05) is 31.2 Å². The third kappa shape index (κ3) is 5.08. The van der Waals surface area contributed by atoms with Crippen molar-refractivity contribution < 1.29 is 9.53 Å². The molecule has 0 aliphatic carbocycles. The third-order valence-electron chi connectivity index (χ3n) is 3.75. The van der Waals surface area contributed by atoms with Crippen LogP contribution in [-0.2, 0) is 23.5 Å². The maximum atomic E-state index is 12.1. The van der Waals surface area contributed by atoms with Crippen molar-refractivity contribution in [2.45, 2.75) is 25.6 Å². The van der Waals surface area contributed by atoms with Crippen molar-refractivity contribution in [3.05, 3.63) is 57.0 Å². The van der Waals surface area contributed by atoms with Gasteiger partial charge in [-0.1, -0.05) is 30.4 Å². The quantitative estimate of drug-likeness (QED) is 0.620. The van der Waals surface area contributed by atoms with Gasteiger partial charge in [0.1, 0.15) is 10.8 Å². The van der Waals surface area contributed by atoms with E-state index in [9.17, 15) is 9.59 Å². The van der Waals surface area contributed by atoms with Crippen LogP contribution < -0.4 is 15.6 Å². The Kier molecular flexibility index (Phi) is 6.46. The molecule has 0 aliphatic heterocycles. The van der Waals surface area contributed by atoms with Gasteiger partial charge in [-0.15, -0.1) is 11.8 Å². The minimum absolute atomic E-state index is 0.0633. The number of carbonyl (C=O) groups is 1. The molecule has 0 radical (unpaired) electrons. The number of fused-ring (bicyclic) bond motifs is 1. The molecule has 0 saturated carbocycles. The molecule has 0 saturated heterocycles. The van der Waals surface area contributed by atoms with E-state index in [1.165, 1.54) is 33.7 Å². The first-order chi connectivity index (χ1) is 13.1. The first-order valence-electron chi connectivity index (χ1n) is 8.45. The lowest BCUT2D eigenvalue weighted by molar-refractivity contribution is -0.118. The molecule has 0 unspecified atom stereocenters. The first-order valence-corrected chi connectivity index (χ1v) is 10.4. The lowest BCUT2D eigenvalue weighted by Crippen LogP contribution is -2.24. The Hall–Kier alpha value is -2.39. The summed E-state index contributed by atoms with van der Waals surface area (Å²) in [5.74, 6) is 1.50. The lowest BCUT2D eigenvalue weighted by Gasteiger charge is -2.07. The van der Waals surface area contributed by atoms with Crippen LogP contribution in [0.3, 0.4) is 0 Å². The predicted octanol–water partition coefficient (Wildman–Crippen LogP) is 2.27. The molecule has 1 amide bonds. The van der Waals surface area contributed by atoms with E-state index in [-0.39, 0.29) is 11.5 Å². The number of amides is 1. The minimum Gasteiger partial charge on any atom is -0.497 e. The van der Waals surface area contributed by atoms with Gasteiger partial charge in [-0.05, 0) is 24.1 Å². The van der Waals surface area contributed by atoms with Crippen LogP contribution in [0.2, 0.25) is 0 Å². The molecule has 0 spiro atoms. The van der Waals surface area contributed by atoms with Gasteiger partial charge in [-0.2, -0.15) is 9.61 Å². The average Bonchev–Trinajstić information content (AvgIpc) is 3.10. The summed E-state index contributed by atoms with van der Waals surface area (Å²) in [5, 5.41) is 7.98. The van der Waals surface area contributed by atoms with Crippen molar-refractivity contribution in [2.24, 2.45) is 0 Å². The molecular formula is C18H20N4O3S2. The van der Waals surface area contributed by atoms with Gasteiger partial charge < -0.3 is 10.1 Å². The molecule has 1 aromatic carbocycles. The van der Waals surface area contributed by atoms with E-state index >= 15 is 0 Å². The molecule has 2 aromatic heterocycles. The number of hydrogen-bond acceptors (Lipinski definition) is 7. The summed E-state index contributed by atoms with van der Waals surface area (Å²) in [6, 6.07) is 9.05. The molecule has 9 heteroatoms. The number of nitrogens with one attached hydrogen (secondary N) is 1. The summed E-state index contributed by atoms with van der Waals surface area (Å²) >= 11 is 2.84. The second kappa shape index (κ2) is 9.01. The summed E-state index contributed by atoms with van der Waals surface area (Å²) in [4.78, 5) is 29.2. The van der Waals surface area contributed by atoms with Crippen LogP contribution in [0.15, 0.2) is 35.1 Å². The van der Waals surface area contributed by atoms with E-state index in [1.54, 1.807) is 7.11 Å². The normalized spacial score (nSPS) is 10.9. The van der Waals surface area contributed by atoms with E-state index in [0.29, 0.717) is 28.7 Å². The Morgan fingerprint density at radius 3 is 3.00 bits per heavy atom. The number of carbonyl (C=O) groups excluding carboxylic acids is 1. The molecule has 27 heavy (non-hydrogen) atoms. The Morgan fingerprint density at radius 2 is 2.22 bits per heavy atom. The number of aryl methyl sites for hydroxylation is 1. The van der Waals surface area contributed by atoms with Crippen LogP contribution in [0.25, 0.3) is 4.96 Å². The Morgan fingerprint density at radius 1 is 1.37 bits per heavy atom. The van der Waals surface area contributed by atoms with Crippen molar-refractivity contribution in [1.29, 1.82) is 0 Å². The SMILES string of the molecule is CCc1nn2c(=O)cc(CSCC(=O)NCc3cccc(OC)c3)nc2s1. The van der Waals surface area contributed by atoms with Gasteiger partial charge in [-0.3, -0.25) is 9.59 Å². The fourth-order valence-electron chi connectivity index (χ4n) is 2.40. The van der Waals surface area contributed by atoms with Crippen molar-refractivity contribution in [3.63, 3.8) is 0 Å². The van der Waals surface area contributed by atoms with E-state index in [0.717, 1.165) is 22.7 Å². The summed E-state index contributed by atoms with van der Waals surface area (Å²) in [6.07, 6.45) is 0.769. The van der Waals surface area contributed by atoms with Crippen LogP contribution in [-0.4, -0.2) is 33.4 Å². The molecule has 3 rings (SSSR count).